The molecule has 0 radical (unpaired) electrons. The molecule has 164 valence electrons. The fourth-order valence-corrected chi connectivity index (χ4v) is 4.82. The van der Waals surface area contributed by atoms with Crippen LogP contribution in [-0.2, 0) is 11.3 Å². The lowest BCUT2D eigenvalue weighted by Crippen LogP contribution is -2.64. The van der Waals surface area contributed by atoms with Gasteiger partial charge in [-0.3, -0.25) is 14.5 Å². The zero-order chi connectivity index (χ0) is 22.0. The first-order valence-electron chi connectivity index (χ1n) is 11.1. The molecule has 2 aliphatic heterocycles. The van der Waals surface area contributed by atoms with E-state index in [2.05, 4.69) is 41.2 Å². The summed E-state index contributed by atoms with van der Waals surface area (Å²) in [7, 11) is 0. The second kappa shape index (κ2) is 8.79. The maximum absolute atomic E-state index is 13.1. The van der Waals surface area contributed by atoms with Gasteiger partial charge in [-0.15, -0.1) is 0 Å². The third kappa shape index (κ3) is 4.64. The summed E-state index contributed by atoms with van der Waals surface area (Å²) in [5.74, 6) is 0.375. The lowest BCUT2D eigenvalue weighted by molar-refractivity contribution is -0.131. The predicted octanol–water partition coefficient (Wildman–Crippen LogP) is 2.74. The number of nitrogens with one attached hydrogen (secondary N) is 1. The van der Waals surface area contributed by atoms with Crippen molar-refractivity contribution in [3.8, 4) is 0 Å². The van der Waals surface area contributed by atoms with Gasteiger partial charge in [0.1, 0.15) is 5.69 Å². The molecule has 4 rings (SSSR count). The minimum atomic E-state index is -0.185. The first kappa shape index (κ1) is 21.5. The van der Waals surface area contributed by atoms with E-state index in [4.69, 9.17) is 0 Å². The van der Waals surface area contributed by atoms with E-state index in [1.165, 1.54) is 5.56 Å². The van der Waals surface area contributed by atoms with Crippen LogP contribution in [0.2, 0.25) is 0 Å². The molecule has 0 aliphatic carbocycles. The van der Waals surface area contributed by atoms with E-state index in [0.717, 1.165) is 25.3 Å². The SMILES string of the molecule is Cc1cccc(C(=O)N2CC3(CN(Cc4ccccc4)CC3C(=O)NCC(C)C)C2)n1. The smallest absolute Gasteiger partial charge is 0.272 e. The summed E-state index contributed by atoms with van der Waals surface area (Å²) in [6, 6.07) is 15.9. The van der Waals surface area contributed by atoms with E-state index in [1.807, 2.05) is 42.2 Å². The van der Waals surface area contributed by atoms with E-state index in [9.17, 15) is 9.59 Å². The quantitative estimate of drug-likeness (QED) is 0.780. The Morgan fingerprint density at radius 2 is 1.84 bits per heavy atom. The molecule has 31 heavy (non-hydrogen) atoms. The third-order valence-corrected chi connectivity index (χ3v) is 6.37. The number of benzene rings is 1. The summed E-state index contributed by atoms with van der Waals surface area (Å²) in [4.78, 5) is 34.6. The fourth-order valence-electron chi connectivity index (χ4n) is 4.82. The Balaban J connectivity index is 1.48. The van der Waals surface area contributed by atoms with Gasteiger partial charge in [-0.1, -0.05) is 50.2 Å². The van der Waals surface area contributed by atoms with Gasteiger partial charge < -0.3 is 10.2 Å². The van der Waals surface area contributed by atoms with Crippen LogP contribution in [0.15, 0.2) is 48.5 Å². The molecule has 0 bridgehead atoms. The van der Waals surface area contributed by atoms with Crippen LogP contribution in [0.3, 0.4) is 0 Å². The highest BCUT2D eigenvalue weighted by atomic mass is 16.2. The highest BCUT2D eigenvalue weighted by Crippen LogP contribution is 2.45. The van der Waals surface area contributed by atoms with Crippen molar-refractivity contribution >= 4 is 11.8 Å². The normalized spacial score (nSPS) is 20.1. The van der Waals surface area contributed by atoms with Crippen molar-refractivity contribution in [2.45, 2.75) is 27.3 Å². The van der Waals surface area contributed by atoms with Gasteiger partial charge >= 0.3 is 0 Å². The average molecular weight is 421 g/mol. The van der Waals surface area contributed by atoms with Gasteiger partial charge in [0.15, 0.2) is 0 Å². The zero-order valence-corrected chi connectivity index (χ0v) is 18.7. The lowest BCUT2D eigenvalue weighted by atomic mass is 9.71. The second-order valence-corrected chi connectivity index (χ2v) is 9.53. The summed E-state index contributed by atoms with van der Waals surface area (Å²) in [5, 5.41) is 3.13. The molecule has 1 aromatic heterocycles. The van der Waals surface area contributed by atoms with Crippen LogP contribution < -0.4 is 5.32 Å². The van der Waals surface area contributed by atoms with Crippen LogP contribution >= 0.6 is 0 Å². The lowest BCUT2D eigenvalue weighted by Gasteiger charge is -2.50. The molecular formula is C25H32N4O2. The van der Waals surface area contributed by atoms with Crippen molar-refractivity contribution in [1.29, 1.82) is 0 Å². The summed E-state index contributed by atoms with van der Waals surface area (Å²) in [6.45, 7) is 10.4. The van der Waals surface area contributed by atoms with E-state index in [-0.39, 0.29) is 23.1 Å². The van der Waals surface area contributed by atoms with Crippen LogP contribution in [0.25, 0.3) is 0 Å². The van der Waals surface area contributed by atoms with E-state index >= 15 is 0 Å². The molecule has 2 saturated heterocycles. The molecule has 0 saturated carbocycles. The fraction of sp³-hybridized carbons (Fsp3) is 0.480. The number of hydrogen-bond acceptors (Lipinski definition) is 4. The molecule has 2 fully saturated rings. The average Bonchev–Trinajstić information content (AvgIpc) is 3.10. The molecule has 6 nitrogen and oxygen atoms in total. The largest absolute Gasteiger partial charge is 0.356 e. The molecular weight excluding hydrogens is 388 g/mol. The van der Waals surface area contributed by atoms with Gasteiger partial charge in [0.25, 0.3) is 5.91 Å². The number of likely N-dealkylation sites (tertiary alicyclic amines) is 2. The molecule has 6 heteroatoms. The first-order valence-corrected chi connectivity index (χ1v) is 11.1. The molecule has 1 spiro atoms. The number of aromatic nitrogens is 1. The molecule has 1 N–H and O–H groups in total. The standard InChI is InChI=1S/C25H32N4O2/c1-18(2)12-26-23(30)21-14-28(13-20-9-5-4-6-10-20)15-25(21)16-29(17-25)24(31)22-11-7-8-19(3)27-22/h4-11,18,21H,12-17H2,1-3H3,(H,26,30). The van der Waals surface area contributed by atoms with Crippen molar-refractivity contribution < 1.29 is 9.59 Å². The van der Waals surface area contributed by atoms with E-state index in [1.54, 1.807) is 6.07 Å². The molecule has 3 heterocycles. The summed E-state index contributed by atoms with van der Waals surface area (Å²) in [6.07, 6.45) is 0. The van der Waals surface area contributed by atoms with Crippen LogP contribution in [0.5, 0.6) is 0 Å². The Hall–Kier alpha value is -2.73. The Kier molecular flexibility index (Phi) is 6.10. The summed E-state index contributed by atoms with van der Waals surface area (Å²) >= 11 is 0. The van der Waals surface area contributed by atoms with Crippen LogP contribution in [0.1, 0.15) is 35.6 Å². The number of aryl methyl sites for hydroxylation is 1. The Labute approximate surface area is 184 Å². The minimum Gasteiger partial charge on any atom is -0.356 e. The highest BCUT2D eigenvalue weighted by molar-refractivity contribution is 5.93. The number of rotatable bonds is 6. The maximum atomic E-state index is 13.1. The van der Waals surface area contributed by atoms with Crippen molar-refractivity contribution in [1.82, 2.24) is 20.1 Å². The number of pyridine rings is 1. The van der Waals surface area contributed by atoms with Crippen molar-refractivity contribution in [2.24, 2.45) is 17.3 Å². The van der Waals surface area contributed by atoms with Crippen molar-refractivity contribution in [3.05, 3.63) is 65.5 Å². The van der Waals surface area contributed by atoms with Gasteiger partial charge in [-0.05, 0) is 30.5 Å². The molecule has 2 aromatic rings. The van der Waals surface area contributed by atoms with Crippen molar-refractivity contribution in [3.63, 3.8) is 0 Å². The number of hydrogen-bond donors (Lipinski definition) is 1. The predicted molar refractivity (Wildman–Crippen MR) is 120 cm³/mol. The Morgan fingerprint density at radius 1 is 1.10 bits per heavy atom. The molecule has 1 atom stereocenters. The van der Waals surface area contributed by atoms with E-state index < -0.39 is 0 Å². The van der Waals surface area contributed by atoms with Crippen LogP contribution in [-0.4, -0.2) is 59.3 Å². The number of nitrogens with zero attached hydrogens (tertiary/aromatic N) is 3. The molecule has 1 aromatic carbocycles. The Bertz CT molecular complexity index is 938. The van der Waals surface area contributed by atoms with Crippen LogP contribution in [0, 0.1) is 24.2 Å². The van der Waals surface area contributed by atoms with Crippen molar-refractivity contribution in [2.75, 3.05) is 32.7 Å². The van der Waals surface area contributed by atoms with Gasteiger partial charge in [0, 0.05) is 50.4 Å². The van der Waals surface area contributed by atoms with Crippen LogP contribution in [0.4, 0.5) is 0 Å². The summed E-state index contributed by atoms with van der Waals surface area (Å²) in [5.41, 5.74) is 2.38. The second-order valence-electron chi connectivity index (χ2n) is 9.53. The third-order valence-electron chi connectivity index (χ3n) is 6.37. The van der Waals surface area contributed by atoms with Gasteiger partial charge in [-0.2, -0.15) is 0 Å². The van der Waals surface area contributed by atoms with E-state index in [0.29, 0.717) is 31.2 Å². The molecule has 1 unspecified atom stereocenters. The molecule has 2 aliphatic rings. The first-order chi connectivity index (χ1) is 14.9. The highest BCUT2D eigenvalue weighted by Gasteiger charge is 2.57. The Morgan fingerprint density at radius 3 is 2.52 bits per heavy atom. The van der Waals surface area contributed by atoms with Gasteiger partial charge in [0.2, 0.25) is 5.91 Å². The maximum Gasteiger partial charge on any atom is 0.272 e. The van der Waals surface area contributed by atoms with Gasteiger partial charge in [-0.25, -0.2) is 4.98 Å². The zero-order valence-electron chi connectivity index (χ0n) is 18.7. The minimum absolute atomic E-state index is 0.0443. The summed E-state index contributed by atoms with van der Waals surface area (Å²) < 4.78 is 0. The number of carbonyl (C=O) groups is 2. The molecule has 2 amide bonds. The number of carbonyl (C=O) groups excluding carboxylic acids is 2. The monoisotopic (exact) mass is 420 g/mol. The van der Waals surface area contributed by atoms with Gasteiger partial charge in [0.05, 0.1) is 5.92 Å². The topological polar surface area (TPSA) is 65.5 Å². The number of amides is 2.